The predicted octanol–water partition coefficient (Wildman–Crippen LogP) is 1.29. The number of carboxylic acids is 1. The van der Waals surface area contributed by atoms with E-state index < -0.39 is 11.6 Å². The number of hydrogen-bond acceptors (Lipinski definition) is 4. The minimum atomic E-state index is -1.73. The first-order valence-corrected chi connectivity index (χ1v) is 7.10. The number of carboxylic acid groups (broad SMARTS) is 1. The number of aromatic nitrogens is 1. The molecule has 2 aromatic rings. The number of rotatable bonds is 2. The van der Waals surface area contributed by atoms with Gasteiger partial charge >= 0.3 is 5.97 Å². The molecule has 1 amide bonds. The molecule has 2 heterocycles. The highest BCUT2D eigenvalue weighted by atomic mass is 16.4. The van der Waals surface area contributed by atoms with Crippen LogP contribution in [-0.4, -0.2) is 50.7 Å². The van der Waals surface area contributed by atoms with Crippen molar-refractivity contribution < 1.29 is 19.8 Å². The van der Waals surface area contributed by atoms with Crippen LogP contribution in [0.3, 0.4) is 0 Å². The first-order chi connectivity index (χ1) is 10.5. The van der Waals surface area contributed by atoms with Crippen molar-refractivity contribution in [2.45, 2.75) is 18.4 Å². The van der Waals surface area contributed by atoms with Crippen molar-refractivity contribution in [1.29, 1.82) is 0 Å². The number of aliphatic hydroxyl groups is 1. The van der Waals surface area contributed by atoms with E-state index in [0.29, 0.717) is 5.69 Å². The van der Waals surface area contributed by atoms with Gasteiger partial charge in [0.2, 0.25) is 0 Å². The Hall–Kier alpha value is -2.47. The van der Waals surface area contributed by atoms with Crippen LogP contribution in [0, 0.1) is 0 Å². The molecule has 1 aromatic heterocycles. The molecule has 114 valence electrons. The van der Waals surface area contributed by atoms with E-state index in [4.69, 9.17) is 5.11 Å². The van der Waals surface area contributed by atoms with Gasteiger partial charge in [-0.2, -0.15) is 0 Å². The maximum Gasteiger partial charge on any atom is 0.335 e. The third kappa shape index (κ3) is 2.42. The summed E-state index contributed by atoms with van der Waals surface area (Å²) in [6.07, 6.45) is 1.64. The van der Waals surface area contributed by atoms with Crippen LogP contribution in [0.5, 0.6) is 0 Å². The fourth-order valence-corrected chi connectivity index (χ4v) is 2.73. The first-order valence-electron chi connectivity index (χ1n) is 7.10. The van der Waals surface area contributed by atoms with Crippen LogP contribution < -0.4 is 0 Å². The molecule has 1 aromatic carbocycles. The van der Waals surface area contributed by atoms with E-state index in [-0.39, 0.29) is 31.8 Å². The van der Waals surface area contributed by atoms with Crippen molar-refractivity contribution in [2.24, 2.45) is 0 Å². The van der Waals surface area contributed by atoms with Crippen LogP contribution in [0.25, 0.3) is 10.8 Å². The fraction of sp³-hybridized carbons (Fsp3) is 0.312. The van der Waals surface area contributed by atoms with Crippen LogP contribution in [0.15, 0.2) is 36.5 Å². The lowest BCUT2D eigenvalue weighted by Gasteiger charge is -2.35. The average Bonchev–Trinajstić information content (AvgIpc) is 2.54. The maximum absolute atomic E-state index is 12.6. The Morgan fingerprint density at radius 1 is 1.14 bits per heavy atom. The molecule has 1 fully saturated rings. The maximum atomic E-state index is 12.6. The van der Waals surface area contributed by atoms with Crippen molar-refractivity contribution in [3.05, 3.63) is 42.2 Å². The minimum absolute atomic E-state index is 0.0266. The molecular weight excluding hydrogens is 284 g/mol. The third-order valence-corrected chi connectivity index (χ3v) is 4.15. The molecule has 0 unspecified atom stereocenters. The summed E-state index contributed by atoms with van der Waals surface area (Å²) in [5.41, 5.74) is -1.37. The average molecular weight is 300 g/mol. The number of amides is 1. The summed E-state index contributed by atoms with van der Waals surface area (Å²) in [6, 6.07) is 9.33. The summed E-state index contributed by atoms with van der Waals surface area (Å²) in [5.74, 6) is -1.47. The number of benzene rings is 1. The number of piperidine rings is 1. The number of pyridine rings is 1. The Labute approximate surface area is 127 Å². The molecule has 22 heavy (non-hydrogen) atoms. The van der Waals surface area contributed by atoms with Crippen molar-refractivity contribution in [3.63, 3.8) is 0 Å². The Balaban J connectivity index is 1.84. The summed E-state index contributed by atoms with van der Waals surface area (Å²) >= 11 is 0. The standard InChI is InChI=1S/C16H16N2O4/c19-14(18-9-6-16(22,7-10-18)15(20)21)13-12-4-2-1-3-11(12)5-8-17-13/h1-5,8,22H,6-7,9-10H2,(H,20,21). The number of hydrogen-bond donors (Lipinski definition) is 2. The minimum Gasteiger partial charge on any atom is -0.479 e. The van der Waals surface area contributed by atoms with Crippen molar-refractivity contribution in [2.75, 3.05) is 13.1 Å². The van der Waals surface area contributed by atoms with Crippen LogP contribution in [-0.2, 0) is 4.79 Å². The molecule has 0 atom stereocenters. The summed E-state index contributed by atoms with van der Waals surface area (Å²) in [6.45, 7) is 0.402. The van der Waals surface area contributed by atoms with Gasteiger partial charge in [-0.05, 0) is 11.5 Å². The Kier molecular flexibility index (Phi) is 3.54. The van der Waals surface area contributed by atoms with Crippen LogP contribution in [0.2, 0.25) is 0 Å². The van der Waals surface area contributed by atoms with Gasteiger partial charge in [0.25, 0.3) is 5.91 Å². The lowest BCUT2D eigenvalue weighted by atomic mass is 9.91. The predicted molar refractivity (Wildman–Crippen MR) is 79.5 cm³/mol. The zero-order valence-corrected chi connectivity index (χ0v) is 11.9. The van der Waals surface area contributed by atoms with E-state index in [9.17, 15) is 14.7 Å². The van der Waals surface area contributed by atoms with Crippen molar-refractivity contribution >= 4 is 22.6 Å². The molecule has 3 rings (SSSR count). The molecule has 0 radical (unpaired) electrons. The number of fused-ring (bicyclic) bond motifs is 1. The Morgan fingerprint density at radius 3 is 2.50 bits per heavy atom. The van der Waals surface area contributed by atoms with Gasteiger partial charge in [-0.25, -0.2) is 4.79 Å². The highest BCUT2D eigenvalue weighted by molar-refractivity contribution is 6.05. The third-order valence-electron chi connectivity index (χ3n) is 4.15. The van der Waals surface area contributed by atoms with E-state index in [0.717, 1.165) is 10.8 Å². The van der Waals surface area contributed by atoms with E-state index in [1.807, 2.05) is 30.3 Å². The van der Waals surface area contributed by atoms with Crippen LogP contribution >= 0.6 is 0 Å². The first kappa shape index (κ1) is 14.5. The van der Waals surface area contributed by atoms with Crippen molar-refractivity contribution in [1.82, 2.24) is 9.88 Å². The second kappa shape index (κ2) is 5.38. The van der Waals surface area contributed by atoms with E-state index in [1.54, 1.807) is 11.1 Å². The molecule has 6 nitrogen and oxygen atoms in total. The number of nitrogens with zero attached hydrogens (tertiary/aromatic N) is 2. The molecule has 6 heteroatoms. The molecule has 1 aliphatic rings. The number of likely N-dealkylation sites (tertiary alicyclic amines) is 1. The molecule has 0 spiro atoms. The molecule has 1 saturated heterocycles. The normalized spacial score (nSPS) is 17.4. The van der Waals surface area contributed by atoms with Gasteiger partial charge in [0.1, 0.15) is 5.69 Å². The number of aliphatic carboxylic acids is 1. The summed E-state index contributed by atoms with van der Waals surface area (Å²) < 4.78 is 0. The van der Waals surface area contributed by atoms with Crippen LogP contribution in [0.4, 0.5) is 0 Å². The van der Waals surface area contributed by atoms with Gasteiger partial charge in [0.15, 0.2) is 5.60 Å². The van der Waals surface area contributed by atoms with E-state index in [1.165, 1.54) is 0 Å². The lowest BCUT2D eigenvalue weighted by molar-refractivity contribution is -0.162. The summed E-state index contributed by atoms with van der Waals surface area (Å²) in [7, 11) is 0. The summed E-state index contributed by atoms with van der Waals surface area (Å²) in [5, 5.41) is 20.7. The molecule has 2 N–H and O–H groups in total. The number of carbonyl (C=O) groups is 2. The molecule has 0 aliphatic carbocycles. The van der Waals surface area contributed by atoms with Gasteiger partial charge in [-0.15, -0.1) is 0 Å². The quantitative estimate of drug-likeness (QED) is 0.872. The molecular formula is C16H16N2O4. The largest absolute Gasteiger partial charge is 0.479 e. The topological polar surface area (TPSA) is 90.7 Å². The lowest BCUT2D eigenvalue weighted by Crippen LogP contribution is -2.51. The second-order valence-electron chi connectivity index (χ2n) is 5.51. The van der Waals surface area contributed by atoms with Gasteiger partial charge in [0.05, 0.1) is 0 Å². The zero-order valence-electron chi connectivity index (χ0n) is 11.9. The van der Waals surface area contributed by atoms with E-state index in [2.05, 4.69) is 4.98 Å². The SMILES string of the molecule is O=C(c1nccc2ccccc12)N1CCC(O)(C(=O)O)CC1. The van der Waals surface area contributed by atoms with Crippen LogP contribution in [0.1, 0.15) is 23.3 Å². The summed E-state index contributed by atoms with van der Waals surface area (Å²) in [4.78, 5) is 29.4. The second-order valence-corrected chi connectivity index (χ2v) is 5.51. The van der Waals surface area contributed by atoms with E-state index >= 15 is 0 Å². The van der Waals surface area contributed by atoms with Gasteiger partial charge in [-0.3, -0.25) is 9.78 Å². The Bertz CT molecular complexity index is 731. The van der Waals surface area contributed by atoms with Gasteiger partial charge in [-0.1, -0.05) is 24.3 Å². The highest BCUT2D eigenvalue weighted by Gasteiger charge is 2.40. The van der Waals surface area contributed by atoms with Gasteiger partial charge < -0.3 is 15.1 Å². The smallest absolute Gasteiger partial charge is 0.335 e. The highest BCUT2D eigenvalue weighted by Crippen LogP contribution is 2.25. The molecule has 1 aliphatic heterocycles. The molecule has 0 bridgehead atoms. The fourth-order valence-electron chi connectivity index (χ4n) is 2.73. The van der Waals surface area contributed by atoms with Gasteiger partial charge in [0, 0.05) is 37.5 Å². The number of carbonyl (C=O) groups excluding carboxylic acids is 1. The van der Waals surface area contributed by atoms with Crippen molar-refractivity contribution in [3.8, 4) is 0 Å². The molecule has 0 saturated carbocycles. The monoisotopic (exact) mass is 300 g/mol. The Morgan fingerprint density at radius 2 is 1.82 bits per heavy atom. The zero-order chi connectivity index (χ0) is 15.7.